The Morgan fingerprint density at radius 1 is 1.31 bits per heavy atom. The maximum absolute atomic E-state index is 13.1. The minimum Gasteiger partial charge on any atom is -0.310 e. The molecule has 1 aliphatic carbocycles. The van der Waals surface area contributed by atoms with Crippen molar-refractivity contribution >= 4 is 23.5 Å². The number of thioether (sulfide) groups is 1. The molecular weight excluding hydrogens is 470 g/mol. The molecule has 36 heavy (non-hydrogen) atoms. The number of nitrogens with zero attached hydrogens (tertiary/aromatic N) is 3. The van der Waals surface area contributed by atoms with E-state index in [9.17, 15) is 14.9 Å². The second-order valence-electron chi connectivity index (χ2n) is 10.0. The summed E-state index contributed by atoms with van der Waals surface area (Å²) in [5.41, 5.74) is 3.40. The SMILES string of the molecule is CCC(Sc1nc2c(cc1C#N)CC(C(C)(C)CC)CC2)C(=O)Nc1cc(=O)n(-c2ccccc2)[nH]1. The Labute approximate surface area is 216 Å². The van der Waals surface area contributed by atoms with E-state index in [1.165, 1.54) is 22.5 Å². The lowest BCUT2D eigenvalue weighted by molar-refractivity contribution is -0.115. The van der Waals surface area contributed by atoms with Crippen LogP contribution in [0.25, 0.3) is 5.69 Å². The van der Waals surface area contributed by atoms with Crippen molar-refractivity contribution in [3.05, 3.63) is 69.6 Å². The number of carbonyl (C=O) groups excluding carboxylic acids is 1. The van der Waals surface area contributed by atoms with Crippen LogP contribution in [0.15, 0.2) is 52.3 Å². The average molecular weight is 504 g/mol. The highest BCUT2D eigenvalue weighted by Gasteiger charge is 2.32. The molecule has 0 saturated heterocycles. The van der Waals surface area contributed by atoms with Crippen LogP contribution < -0.4 is 10.9 Å². The van der Waals surface area contributed by atoms with Gasteiger partial charge in [0.2, 0.25) is 5.91 Å². The molecule has 2 atom stereocenters. The first-order chi connectivity index (χ1) is 17.2. The minimum absolute atomic E-state index is 0.239. The third-order valence-corrected chi connectivity index (χ3v) is 8.77. The number of aryl methyl sites for hydroxylation is 1. The van der Waals surface area contributed by atoms with Gasteiger partial charge in [-0.05, 0) is 60.8 Å². The Kier molecular flexibility index (Phi) is 7.70. The monoisotopic (exact) mass is 503 g/mol. The molecule has 0 saturated carbocycles. The number of aromatic nitrogens is 3. The molecule has 2 N–H and O–H groups in total. The van der Waals surface area contributed by atoms with Crippen molar-refractivity contribution in [2.24, 2.45) is 11.3 Å². The first kappa shape index (κ1) is 25.8. The van der Waals surface area contributed by atoms with Gasteiger partial charge in [0.15, 0.2) is 0 Å². The summed E-state index contributed by atoms with van der Waals surface area (Å²) in [6.07, 6.45) is 4.58. The lowest BCUT2D eigenvalue weighted by Crippen LogP contribution is -2.29. The number of amides is 1. The van der Waals surface area contributed by atoms with Crippen molar-refractivity contribution in [1.29, 1.82) is 5.26 Å². The predicted octanol–water partition coefficient (Wildman–Crippen LogP) is 5.48. The van der Waals surface area contributed by atoms with E-state index in [1.54, 1.807) is 0 Å². The van der Waals surface area contributed by atoms with Crippen LogP contribution in [-0.2, 0) is 17.6 Å². The van der Waals surface area contributed by atoms with Crippen molar-refractivity contribution in [3.63, 3.8) is 0 Å². The summed E-state index contributed by atoms with van der Waals surface area (Å²) in [5.74, 6) is 0.662. The summed E-state index contributed by atoms with van der Waals surface area (Å²) in [4.78, 5) is 30.4. The van der Waals surface area contributed by atoms with Crippen LogP contribution in [0.5, 0.6) is 0 Å². The molecule has 3 aromatic rings. The van der Waals surface area contributed by atoms with Crippen molar-refractivity contribution in [2.45, 2.75) is 70.1 Å². The number of anilines is 1. The van der Waals surface area contributed by atoms with Crippen molar-refractivity contribution in [2.75, 3.05) is 5.32 Å². The van der Waals surface area contributed by atoms with Crippen molar-refractivity contribution in [1.82, 2.24) is 14.8 Å². The molecule has 2 aromatic heterocycles. The number of H-pyrrole nitrogens is 1. The topological polar surface area (TPSA) is 104 Å². The maximum Gasteiger partial charge on any atom is 0.273 e. The zero-order valence-corrected chi connectivity index (χ0v) is 22.1. The summed E-state index contributed by atoms with van der Waals surface area (Å²) in [6.45, 7) is 8.79. The van der Waals surface area contributed by atoms with E-state index in [-0.39, 0.29) is 16.9 Å². The van der Waals surface area contributed by atoms with E-state index in [0.717, 1.165) is 36.9 Å². The third kappa shape index (κ3) is 5.41. The van der Waals surface area contributed by atoms with E-state index >= 15 is 0 Å². The van der Waals surface area contributed by atoms with Gasteiger partial charge in [-0.15, -0.1) is 0 Å². The predicted molar refractivity (Wildman–Crippen MR) is 143 cm³/mol. The Morgan fingerprint density at radius 3 is 2.72 bits per heavy atom. The van der Waals surface area contributed by atoms with Gasteiger partial charge in [-0.1, -0.05) is 64.1 Å². The molecule has 1 aromatic carbocycles. The Bertz CT molecular complexity index is 1340. The summed E-state index contributed by atoms with van der Waals surface area (Å²) in [5, 5.41) is 15.8. The Morgan fingerprint density at radius 2 is 2.06 bits per heavy atom. The second kappa shape index (κ2) is 10.8. The second-order valence-corrected chi connectivity index (χ2v) is 11.2. The highest BCUT2D eigenvalue weighted by molar-refractivity contribution is 8.00. The fourth-order valence-electron chi connectivity index (χ4n) is 4.67. The number of fused-ring (bicyclic) bond motifs is 1. The number of rotatable bonds is 8. The lowest BCUT2D eigenvalue weighted by Gasteiger charge is -2.37. The number of nitrogens with one attached hydrogen (secondary N) is 2. The lowest BCUT2D eigenvalue weighted by atomic mass is 9.69. The van der Waals surface area contributed by atoms with Gasteiger partial charge in [-0.25, -0.2) is 9.67 Å². The molecule has 1 aliphatic rings. The van der Waals surface area contributed by atoms with E-state index in [2.05, 4.69) is 37.3 Å². The molecule has 4 rings (SSSR count). The summed E-state index contributed by atoms with van der Waals surface area (Å²) in [6, 6.07) is 14.8. The molecule has 8 heteroatoms. The van der Waals surface area contributed by atoms with Crippen LogP contribution in [-0.4, -0.2) is 25.9 Å². The zero-order valence-electron chi connectivity index (χ0n) is 21.3. The smallest absolute Gasteiger partial charge is 0.273 e. The largest absolute Gasteiger partial charge is 0.310 e. The van der Waals surface area contributed by atoms with Gasteiger partial charge >= 0.3 is 0 Å². The van der Waals surface area contributed by atoms with E-state index < -0.39 is 5.25 Å². The summed E-state index contributed by atoms with van der Waals surface area (Å²) in [7, 11) is 0. The molecule has 2 heterocycles. The normalized spacial score (nSPS) is 16.1. The van der Waals surface area contributed by atoms with Crippen LogP contribution >= 0.6 is 11.8 Å². The highest BCUT2D eigenvalue weighted by Crippen LogP contribution is 2.40. The number of aromatic amines is 1. The number of nitriles is 1. The number of carbonyl (C=O) groups is 1. The van der Waals surface area contributed by atoms with Gasteiger partial charge in [-0.2, -0.15) is 5.26 Å². The van der Waals surface area contributed by atoms with Gasteiger partial charge in [-0.3, -0.25) is 14.7 Å². The molecule has 2 unspecified atom stereocenters. The van der Waals surface area contributed by atoms with Gasteiger partial charge in [0.05, 0.1) is 16.5 Å². The fourth-order valence-corrected chi connectivity index (χ4v) is 5.67. The Balaban J connectivity index is 1.51. The summed E-state index contributed by atoms with van der Waals surface area (Å²) < 4.78 is 1.38. The standard InChI is InChI=1S/C28H33N5O2S/c1-5-23(26(35)31-24-16-25(34)33(32-24)21-10-8-7-9-11-21)36-27-19(17-29)14-18-15-20(28(3,4)6-2)12-13-22(18)30-27/h7-11,14,16,20,23,32H,5-6,12-13,15H2,1-4H3,(H,31,35). The van der Waals surface area contributed by atoms with Gasteiger partial charge < -0.3 is 5.32 Å². The molecule has 0 radical (unpaired) electrons. The third-order valence-electron chi connectivity index (χ3n) is 7.40. The van der Waals surface area contributed by atoms with E-state index in [0.29, 0.717) is 34.4 Å². The van der Waals surface area contributed by atoms with Crippen LogP contribution in [0.1, 0.15) is 63.8 Å². The molecule has 0 spiro atoms. The van der Waals surface area contributed by atoms with Crippen LogP contribution in [0, 0.1) is 22.7 Å². The minimum atomic E-state index is -0.457. The van der Waals surface area contributed by atoms with Crippen LogP contribution in [0.2, 0.25) is 0 Å². The number of hydrogen-bond donors (Lipinski definition) is 2. The first-order valence-electron chi connectivity index (χ1n) is 12.5. The first-order valence-corrected chi connectivity index (χ1v) is 13.4. The quantitative estimate of drug-likeness (QED) is 0.396. The number of para-hydroxylation sites is 1. The van der Waals surface area contributed by atoms with Gasteiger partial charge in [0, 0.05) is 11.8 Å². The van der Waals surface area contributed by atoms with Crippen LogP contribution in [0.4, 0.5) is 5.82 Å². The highest BCUT2D eigenvalue weighted by atomic mass is 32.2. The van der Waals surface area contributed by atoms with Gasteiger partial charge in [0.25, 0.3) is 5.56 Å². The molecule has 7 nitrogen and oxygen atoms in total. The van der Waals surface area contributed by atoms with E-state index in [1.807, 2.05) is 43.3 Å². The fraction of sp³-hybridized carbons (Fsp3) is 0.429. The average Bonchev–Trinajstić information content (AvgIpc) is 3.26. The zero-order chi connectivity index (χ0) is 25.9. The maximum atomic E-state index is 13.1. The molecule has 0 aliphatic heterocycles. The molecular formula is C28H33N5O2S. The molecule has 0 fully saturated rings. The summed E-state index contributed by atoms with van der Waals surface area (Å²) >= 11 is 1.31. The molecule has 188 valence electrons. The number of pyridine rings is 1. The van der Waals surface area contributed by atoms with Crippen molar-refractivity contribution in [3.8, 4) is 11.8 Å². The Hall–Kier alpha value is -3.31. The van der Waals surface area contributed by atoms with Crippen molar-refractivity contribution < 1.29 is 4.79 Å². The molecule has 0 bridgehead atoms. The number of hydrogen-bond acceptors (Lipinski definition) is 5. The molecule has 1 amide bonds. The van der Waals surface area contributed by atoms with Gasteiger partial charge in [0.1, 0.15) is 16.9 Å². The number of benzene rings is 1. The van der Waals surface area contributed by atoms with E-state index in [4.69, 9.17) is 4.98 Å². The van der Waals surface area contributed by atoms with Crippen LogP contribution in [0.3, 0.4) is 0 Å².